The average Bonchev–Trinajstić information content (AvgIpc) is 2.89. The van der Waals surface area contributed by atoms with Crippen molar-refractivity contribution in [1.29, 1.82) is 0 Å². The molecule has 0 atom stereocenters. The number of esters is 1. The quantitative estimate of drug-likeness (QED) is 0.234. The fourth-order valence-corrected chi connectivity index (χ4v) is 3.49. The van der Waals surface area contributed by atoms with Gasteiger partial charge in [-0.1, -0.05) is 54.2 Å². The first kappa shape index (κ1) is 46.0. The number of carbonyl (C=O) groups excluding carboxylic acids is 2. The summed E-state index contributed by atoms with van der Waals surface area (Å²) in [6.45, 7) is 16.8. The average molecular weight is 875 g/mol. The van der Waals surface area contributed by atoms with E-state index >= 15 is 0 Å². The standard InChI is InChI=1S/C10H17NO2.C8H14O2.C3H7N.2C2H6.2CH3B.I3/c12-10(11-7-4-8-11)13-9-5-2-1-3-6-9;1-7(9)10-8-5-3-2-4-6-8;1-2-4-3-1;4*1-2;1-3-2/h9H,1-8H2;8H,2-6H2,1H3;4H,1-3H2;2*1-2H3;2*1H3;/q;;;;;;;-1. The summed E-state index contributed by atoms with van der Waals surface area (Å²) in [4.78, 5) is 23.7. The molecule has 1 amide bonds. The molecular weight excluding hydrogens is 819 g/mol. The fraction of sp³-hybridized carbons (Fsp3) is 0.926. The van der Waals surface area contributed by atoms with E-state index in [0.717, 1.165) is 45.2 Å². The minimum atomic E-state index is -0.132. The molecule has 1 N–H and O–H groups in total. The Bertz CT molecular complexity index is 462. The molecular formula is C27H56B2I3N2O4-. The van der Waals surface area contributed by atoms with E-state index in [4.69, 9.17) is 9.47 Å². The van der Waals surface area contributed by atoms with Gasteiger partial charge in [0.1, 0.15) is 12.2 Å². The second kappa shape index (κ2) is 40.2. The Morgan fingerprint density at radius 2 is 1.03 bits per heavy atom. The van der Waals surface area contributed by atoms with Crippen LogP contribution in [-0.2, 0) is 14.3 Å². The molecule has 0 aromatic heterocycles. The van der Waals surface area contributed by atoms with Crippen LogP contribution in [-0.4, -0.2) is 71.0 Å². The first-order chi connectivity index (χ1) is 18.6. The van der Waals surface area contributed by atoms with Gasteiger partial charge in [-0.05, 0) is 77.3 Å². The molecule has 226 valence electrons. The summed E-state index contributed by atoms with van der Waals surface area (Å²) in [6.07, 6.45) is 14.6. The van der Waals surface area contributed by atoms with Gasteiger partial charge in [-0.2, -0.15) is 0 Å². The van der Waals surface area contributed by atoms with Crippen molar-refractivity contribution in [3.8, 4) is 0 Å². The van der Waals surface area contributed by atoms with E-state index in [9.17, 15) is 9.59 Å². The van der Waals surface area contributed by atoms with Crippen LogP contribution in [0.15, 0.2) is 0 Å². The van der Waals surface area contributed by atoms with Crippen molar-refractivity contribution >= 4 is 65.0 Å². The number of ether oxygens (including phenoxy) is 2. The molecule has 11 heteroatoms. The summed E-state index contributed by atoms with van der Waals surface area (Å²) in [7, 11) is 9.00. The van der Waals surface area contributed by atoms with E-state index in [1.165, 1.54) is 78.6 Å². The third kappa shape index (κ3) is 31.5. The minimum absolute atomic E-state index is 0.0850. The zero-order valence-electron chi connectivity index (χ0n) is 25.3. The molecule has 0 aromatic rings. The summed E-state index contributed by atoms with van der Waals surface area (Å²) in [5, 5.41) is 3.11. The van der Waals surface area contributed by atoms with E-state index in [1.54, 1.807) is 4.90 Å². The van der Waals surface area contributed by atoms with Crippen molar-refractivity contribution in [2.24, 2.45) is 0 Å². The zero-order chi connectivity index (χ0) is 30.0. The first-order valence-electron chi connectivity index (χ1n) is 14.4. The second-order valence-corrected chi connectivity index (χ2v) is 24.3. The Morgan fingerprint density at radius 1 is 0.711 bits per heavy atom. The Kier molecular flexibility index (Phi) is 48.6. The van der Waals surface area contributed by atoms with Crippen molar-refractivity contribution in [1.82, 2.24) is 10.2 Å². The van der Waals surface area contributed by atoms with Gasteiger partial charge in [0.15, 0.2) is 0 Å². The maximum atomic E-state index is 11.4. The third-order valence-electron chi connectivity index (χ3n) is 5.53. The Labute approximate surface area is 268 Å². The predicted molar refractivity (Wildman–Crippen MR) is 180 cm³/mol. The summed E-state index contributed by atoms with van der Waals surface area (Å²) in [6, 6.07) is 0. The largest absolute Gasteiger partial charge is 0.446 e. The topological polar surface area (TPSA) is 67.9 Å². The van der Waals surface area contributed by atoms with Gasteiger partial charge in [0.05, 0.1) is 15.7 Å². The molecule has 4 fully saturated rings. The van der Waals surface area contributed by atoms with Gasteiger partial charge >= 0.3 is 62.5 Å². The van der Waals surface area contributed by atoms with Crippen LogP contribution in [0.4, 0.5) is 4.79 Å². The van der Waals surface area contributed by atoms with Crippen LogP contribution in [0.25, 0.3) is 0 Å². The number of hydrogen-bond acceptors (Lipinski definition) is 5. The normalized spacial score (nSPS) is 17.2. The van der Waals surface area contributed by atoms with Crippen molar-refractivity contribution in [2.45, 2.75) is 138 Å². The number of carbonyl (C=O) groups is 2. The van der Waals surface area contributed by atoms with Gasteiger partial charge in [-0.25, -0.2) is 4.79 Å². The minimum Gasteiger partial charge on any atom is -0.446 e. The van der Waals surface area contributed by atoms with E-state index in [2.05, 4.69) is 58.2 Å². The molecule has 4 radical (unpaired) electrons. The summed E-state index contributed by atoms with van der Waals surface area (Å²) in [5.41, 5.74) is 0. The van der Waals surface area contributed by atoms with Gasteiger partial charge in [0.2, 0.25) is 0 Å². The molecule has 2 saturated carbocycles. The van der Waals surface area contributed by atoms with Crippen molar-refractivity contribution in [2.75, 3.05) is 26.2 Å². The van der Waals surface area contributed by atoms with Crippen LogP contribution in [0, 0.1) is 0 Å². The number of likely N-dealkylation sites (tertiary alicyclic amines) is 1. The number of hydrogen-bond donors (Lipinski definition) is 1. The van der Waals surface area contributed by atoms with E-state index in [-0.39, 0.29) is 24.3 Å². The number of nitrogens with one attached hydrogen (secondary N) is 1. The molecule has 0 unspecified atom stereocenters. The summed E-state index contributed by atoms with van der Waals surface area (Å²) in [5.74, 6) is -0.132. The van der Waals surface area contributed by atoms with E-state index < -0.39 is 0 Å². The molecule has 6 nitrogen and oxygen atoms in total. The van der Waals surface area contributed by atoms with Gasteiger partial charge in [-0.3, -0.25) is 4.79 Å². The molecule has 2 aliphatic carbocycles. The molecule has 38 heavy (non-hydrogen) atoms. The molecule has 0 aromatic carbocycles. The van der Waals surface area contributed by atoms with Crippen LogP contribution in [0.3, 0.4) is 0 Å². The molecule has 4 aliphatic rings. The third-order valence-corrected chi connectivity index (χ3v) is 5.53. The SMILES string of the molecule is C1CNC1.CC.CC.CC(=O)OC1CCCCC1.I[I-]I.O=C(OC1CCCCC1)N1CCC1.[B]C.[B]C. The first-order valence-corrected chi connectivity index (χ1v) is 27.0. The van der Waals surface area contributed by atoms with Crippen LogP contribution in [0.1, 0.15) is 112 Å². The molecule has 4 rings (SSSR count). The van der Waals surface area contributed by atoms with Gasteiger partial charge in [-0.15, -0.1) is 0 Å². The van der Waals surface area contributed by atoms with E-state index in [0.29, 0.717) is 13.3 Å². The Hall–Kier alpha value is 1.02. The summed E-state index contributed by atoms with van der Waals surface area (Å²) >= 11 is 5.30. The van der Waals surface area contributed by atoms with Gasteiger partial charge < -0.3 is 19.7 Å². The molecule has 2 heterocycles. The fourth-order valence-electron chi connectivity index (χ4n) is 3.49. The van der Waals surface area contributed by atoms with Crippen LogP contribution in [0.2, 0.25) is 13.6 Å². The van der Waals surface area contributed by atoms with Crippen LogP contribution < -0.4 is 18.6 Å². The van der Waals surface area contributed by atoms with Crippen molar-refractivity contribution in [3.05, 3.63) is 0 Å². The molecule has 2 aliphatic heterocycles. The number of rotatable bonds is 2. The van der Waals surface area contributed by atoms with Crippen LogP contribution in [0.5, 0.6) is 0 Å². The molecule has 2 saturated heterocycles. The Balaban J connectivity index is -0.000000205. The smallest absolute Gasteiger partial charge is 0.410 e. The molecule has 0 bridgehead atoms. The predicted octanol–water partition coefficient (Wildman–Crippen LogP) is 5.26. The Morgan fingerprint density at radius 3 is 1.26 bits per heavy atom. The van der Waals surface area contributed by atoms with Gasteiger partial charge in [0, 0.05) is 20.0 Å². The van der Waals surface area contributed by atoms with Crippen LogP contribution >= 0.6 is 37.2 Å². The summed E-state index contributed by atoms with van der Waals surface area (Å²) < 4.78 is 10.4. The maximum Gasteiger partial charge on any atom is 0.410 e. The zero-order valence-corrected chi connectivity index (χ0v) is 31.8. The number of halogens is 3. The maximum absolute atomic E-state index is 11.4. The van der Waals surface area contributed by atoms with Crippen molar-refractivity contribution in [3.63, 3.8) is 0 Å². The number of nitrogens with zero attached hydrogens (tertiary/aromatic N) is 1. The van der Waals surface area contributed by atoms with Gasteiger partial charge in [0.25, 0.3) is 0 Å². The second-order valence-electron chi connectivity index (χ2n) is 8.01. The van der Waals surface area contributed by atoms with E-state index in [1.807, 2.05) is 27.7 Å². The van der Waals surface area contributed by atoms with Crippen molar-refractivity contribution < 1.29 is 32.3 Å². The molecule has 0 spiro atoms. The monoisotopic (exact) mass is 875 g/mol. The number of amides is 1.